The fourth-order valence-corrected chi connectivity index (χ4v) is 2.55. The van der Waals surface area contributed by atoms with E-state index in [1.807, 2.05) is 24.3 Å². The minimum absolute atomic E-state index is 0.256. The summed E-state index contributed by atoms with van der Waals surface area (Å²) in [6, 6.07) is 7.58. The molecule has 0 saturated carbocycles. The van der Waals surface area contributed by atoms with Crippen molar-refractivity contribution in [1.29, 1.82) is 0 Å². The van der Waals surface area contributed by atoms with Gasteiger partial charge in [-0.3, -0.25) is 0 Å². The van der Waals surface area contributed by atoms with Crippen molar-refractivity contribution >= 4 is 21.9 Å². The molecule has 0 spiro atoms. The second-order valence-electron chi connectivity index (χ2n) is 4.51. The van der Waals surface area contributed by atoms with E-state index in [-0.39, 0.29) is 13.6 Å². The van der Waals surface area contributed by atoms with E-state index in [0.29, 0.717) is 11.5 Å². The van der Waals surface area contributed by atoms with Crippen LogP contribution >= 0.6 is 0 Å². The molecule has 1 aromatic heterocycles. The second kappa shape index (κ2) is 3.06. The van der Waals surface area contributed by atoms with E-state index < -0.39 is 0 Å². The molecule has 0 fully saturated rings. The molecule has 19 heavy (non-hydrogen) atoms. The summed E-state index contributed by atoms with van der Waals surface area (Å²) in [5.41, 5.74) is 1.53. The smallest absolute Gasteiger partial charge is 0.231 e. The zero-order chi connectivity index (χ0) is 12.4. The Balaban J connectivity index is 1.89. The van der Waals surface area contributed by atoms with E-state index in [9.17, 15) is 0 Å². The van der Waals surface area contributed by atoms with Gasteiger partial charge < -0.3 is 23.4 Å². The molecule has 94 valence electrons. The Bertz CT molecular complexity index is 765. The van der Waals surface area contributed by atoms with Gasteiger partial charge in [-0.2, -0.15) is 0 Å². The molecule has 0 aliphatic carbocycles. The molecule has 2 aliphatic heterocycles. The van der Waals surface area contributed by atoms with Crippen LogP contribution < -0.4 is 18.9 Å². The molecule has 0 saturated heterocycles. The molecule has 0 unspecified atom stereocenters. The first-order valence-electron chi connectivity index (χ1n) is 5.94. The molecule has 5 nitrogen and oxygen atoms in total. The fourth-order valence-electron chi connectivity index (χ4n) is 2.55. The number of hydrogen-bond donors (Lipinski definition) is 0. The first-order chi connectivity index (χ1) is 9.38. The molecule has 0 radical (unpaired) electrons. The van der Waals surface area contributed by atoms with Crippen LogP contribution in [0.4, 0.5) is 0 Å². The van der Waals surface area contributed by atoms with Crippen molar-refractivity contribution in [2.24, 2.45) is 0 Å². The summed E-state index contributed by atoms with van der Waals surface area (Å²) in [5, 5.41) is 1.97. The van der Waals surface area contributed by atoms with Crippen molar-refractivity contribution in [2.75, 3.05) is 13.6 Å². The molecule has 0 amide bonds. The average molecular weight is 256 g/mol. The Morgan fingerprint density at radius 2 is 1.00 bits per heavy atom. The minimum Gasteiger partial charge on any atom is -0.456 e. The van der Waals surface area contributed by atoms with Crippen LogP contribution in [-0.4, -0.2) is 13.6 Å². The van der Waals surface area contributed by atoms with Gasteiger partial charge in [0.1, 0.15) is 11.2 Å². The fraction of sp³-hybridized carbons (Fsp3) is 0.143. The van der Waals surface area contributed by atoms with Crippen molar-refractivity contribution in [3.8, 4) is 23.0 Å². The molecule has 2 aliphatic rings. The Morgan fingerprint density at radius 3 is 1.47 bits per heavy atom. The van der Waals surface area contributed by atoms with E-state index >= 15 is 0 Å². The Morgan fingerprint density at radius 1 is 0.579 bits per heavy atom. The molecule has 3 aromatic rings. The highest BCUT2D eigenvalue weighted by atomic mass is 16.7. The Labute approximate surface area is 107 Å². The van der Waals surface area contributed by atoms with Gasteiger partial charge in [-0.05, 0) is 12.1 Å². The van der Waals surface area contributed by atoms with Crippen molar-refractivity contribution in [2.45, 2.75) is 0 Å². The standard InChI is InChI=1S/C14H8O5/c1-7-8-2-12-14(18-6-16-12)4-10(8)19-9(7)3-13-11(1)15-5-17-13/h1-4H,5-6H2. The summed E-state index contributed by atoms with van der Waals surface area (Å²) in [7, 11) is 0. The lowest BCUT2D eigenvalue weighted by Crippen LogP contribution is -1.92. The van der Waals surface area contributed by atoms with Crippen LogP contribution in [-0.2, 0) is 0 Å². The highest BCUT2D eigenvalue weighted by Gasteiger charge is 2.21. The third-order valence-corrected chi connectivity index (χ3v) is 3.46. The van der Waals surface area contributed by atoms with E-state index in [1.165, 1.54) is 0 Å². The summed E-state index contributed by atoms with van der Waals surface area (Å²) in [6.45, 7) is 0.512. The lowest BCUT2D eigenvalue weighted by Gasteiger charge is -1.96. The molecule has 0 atom stereocenters. The molecular formula is C14H8O5. The second-order valence-corrected chi connectivity index (χ2v) is 4.51. The van der Waals surface area contributed by atoms with Gasteiger partial charge >= 0.3 is 0 Å². The lowest BCUT2D eigenvalue weighted by molar-refractivity contribution is 0.173. The van der Waals surface area contributed by atoms with Gasteiger partial charge in [-0.15, -0.1) is 0 Å². The number of furan rings is 1. The van der Waals surface area contributed by atoms with Gasteiger partial charge in [-0.25, -0.2) is 0 Å². The third-order valence-electron chi connectivity index (χ3n) is 3.46. The van der Waals surface area contributed by atoms with Crippen molar-refractivity contribution in [1.82, 2.24) is 0 Å². The average Bonchev–Trinajstić information content (AvgIpc) is 3.10. The van der Waals surface area contributed by atoms with Gasteiger partial charge in [0, 0.05) is 22.9 Å². The van der Waals surface area contributed by atoms with Gasteiger partial charge in [0.25, 0.3) is 0 Å². The van der Waals surface area contributed by atoms with Crippen molar-refractivity contribution < 1.29 is 23.4 Å². The van der Waals surface area contributed by atoms with Crippen LogP contribution in [0.25, 0.3) is 21.9 Å². The third kappa shape index (κ3) is 1.14. The summed E-state index contributed by atoms with van der Waals surface area (Å²) in [6.07, 6.45) is 0. The van der Waals surface area contributed by atoms with Crippen LogP contribution in [0.3, 0.4) is 0 Å². The van der Waals surface area contributed by atoms with Gasteiger partial charge in [0.05, 0.1) is 0 Å². The Hall–Kier alpha value is -2.56. The topological polar surface area (TPSA) is 50.1 Å². The summed E-state index contributed by atoms with van der Waals surface area (Å²) < 4.78 is 27.3. The van der Waals surface area contributed by atoms with Crippen LogP contribution in [0, 0.1) is 0 Å². The van der Waals surface area contributed by atoms with Gasteiger partial charge in [0.2, 0.25) is 13.6 Å². The highest BCUT2D eigenvalue weighted by molar-refractivity contribution is 6.07. The maximum absolute atomic E-state index is 5.83. The first-order valence-corrected chi connectivity index (χ1v) is 5.94. The normalized spacial score (nSPS) is 15.6. The zero-order valence-electron chi connectivity index (χ0n) is 9.76. The van der Waals surface area contributed by atoms with Crippen LogP contribution in [0.15, 0.2) is 28.7 Å². The van der Waals surface area contributed by atoms with Crippen molar-refractivity contribution in [3.63, 3.8) is 0 Å². The molecule has 0 N–H and O–H groups in total. The largest absolute Gasteiger partial charge is 0.456 e. The molecular weight excluding hydrogens is 248 g/mol. The highest BCUT2D eigenvalue weighted by Crippen LogP contribution is 2.43. The number of benzene rings is 2. The first kappa shape index (κ1) is 9.38. The minimum atomic E-state index is 0.256. The number of hydrogen-bond acceptors (Lipinski definition) is 5. The zero-order valence-corrected chi connectivity index (χ0v) is 9.76. The molecule has 5 rings (SSSR count). The Kier molecular flexibility index (Phi) is 1.51. The maximum Gasteiger partial charge on any atom is 0.231 e. The van der Waals surface area contributed by atoms with Crippen LogP contribution in [0.2, 0.25) is 0 Å². The van der Waals surface area contributed by atoms with Crippen LogP contribution in [0.1, 0.15) is 0 Å². The quantitative estimate of drug-likeness (QED) is 0.618. The van der Waals surface area contributed by atoms with E-state index in [4.69, 9.17) is 23.4 Å². The van der Waals surface area contributed by atoms with E-state index in [2.05, 4.69) is 0 Å². The van der Waals surface area contributed by atoms with E-state index in [1.54, 1.807) is 0 Å². The number of fused-ring (bicyclic) bond motifs is 5. The van der Waals surface area contributed by atoms with Gasteiger partial charge in [0.15, 0.2) is 23.0 Å². The molecule has 3 heterocycles. The van der Waals surface area contributed by atoms with Gasteiger partial charge in [-0.1, -0.05) is 0 Å². The number of ether oxygens (including phenoxy) is 4. The SMILES string of the molecule is c1c2c(cc3c1oc1cc4c(cc13)OCO4)OCO2. The predicted molar refractivity (Wildman–Crippen MR) is 66.0 cm³/mol. The van der Waals surface area contributed by atoms with Crippen LogP contribution in [0.5, 0.6) is 23.0 Å². The van der Waals surface area contributed by atoms with E-state index in [0.717, 1.165) is 33.4 Å². The summed E-state index contributed by atoms with van der Waals surface area (Å²) >= 11 is 0. The maximum atomic E-state index is 5.83. The molecule has 0 bridgehead atoms. The number of rotatable bonds is 0. The summed E-state index contributed by atoms with van der Waals surface area (Å²) in [5.74, 6) is 2.92. The lowest BCUT2D eigenvalue weighted by atomic mass is 10.1. The predicted octanol–water partition coefficient (Wildman–Crippen LogP) is 3.04. The molecule has 5 heteroatoms. The summed E-state index contributed by atoms with van der Waals surface area (Å²) in [4.78, 5) is 0. The monoisotopic (exact) mass is 256 g/mol. The molecule has 2 aromatic carbocycles. The van der Waals surface area contributed by atoms with Crippen molar-refractivity contribution in [3.05, 3.63) is 24.3 Å².